The quantitative estimate of drug-likeness (QED) is 0.179. The molecule has 3 heterocycles. The molecule has 0 saturated heterocycles. The van der Waals surface area contributed by atoms with Crippen molar-refractivity contribution >= 4 is 87.1 Å². The summed E-state index contributed by atoms with van der Waals surface area (Å²) in [6.45, 7) is 0. The molecule has 3 nitrogen and oxygen atoms in total. The number of benzene rings is 9. The van der Waals surface area contributed by atoms with Gasteiger partial charge in [-0.15, -0.1) is 0 Å². The van der Waals surface area contributed by atoms with E-state index in [0.717, 1.165) is 33.1 Å². The van der Waals surface area contributed by atoms with Crippen LogP contribution in [0.5, 0.6) is 0 Å². The molecule has 1 aliphatic rings. The molecule has 0 amide bonds. The third-order valence-electron chi connectivity index (χ3n) is 11.8. The molecule has 0 atom stereocenters. The Morgan fingerprint density at radius 3 is 1.85 bits per heavy atom. The summed E-state index contributed by atoms with van der Waals surface area (Å²) in [7, 11) is 0. The Bertz CT molecular complexity index is 3560. The Balaban J connectivity index is 1.26. The van der Waals surface area contributed by atoms with Gasteiger partial charge in [-0.05, 0) is 74.8 Å². The normalized spacial score (nSPS) is 12.5. The van der Waals surface area contributed by atoms with E-state index in [1.54, 1.807) is 0 Å². The standard InChI is InChI=1S/C50H28N2O/c1-2-14-32-29(10-1)11-9-20-43(32)52-44-19-5-3-15-34(44)38-24-25-39-40-26-27-41-35-16-4-6-21-45(35)53-50(41)49(40)51(47(39)48(38)52)31-22-23-33-36-17-7-12-30-13-8-18-37(46(30)36)42(33)28-31/h1-28H. The molecule has 0 fully saturated rings. The monoisotopic (exact) mass is 672 g/mol. The second kappa shape index (κ2) is 9.81. The highest BCUT2D eigenvalue weighted by Gasteiger charge is 2.27. The van der Waals surface area contributed by atoms with Crippen molar-refractivity contribution in [3.05, 3.63) is 170 Å². The Morgan fingerprint density at radius 2 is 0.981 bits per heavy atom. The maximum absolute atomic E-state index is 6.86. The first-order chi connectivity index (χ1) is 26.3. The van der Waals surface area contributed by atoms with E-state index < -0.39 is 0 Å². The summed E-state index contributed by atoms with van der Waals surface area (Å²) in [5.74, 6) is 0. The highest BCUT2D eigenvalue weighted by atomic mass is 16.3. The average Bonchev–Trinajstić information content (AvgIpc) is 3.95. The summed E-state index contributed by atoms with van der Waals surface area (Å²) in [5, 5.41) is 12.2. The van der Waals surface area contributed by atoms with Crippen LogP contribution in [0.25, 0.3) is 121 Å². The second-order valence-electron chi connectivity index (χ2n) is 14.4. The highest BCUT2D eigenvalue weighted by molar-refractivity contribution is 6.28. The summed E-state index contributed by atoms with van der Waals surface area (Å²) in [6, 6.07) is 62.3. The Kier molecular flexibility index (Phi) is 5.11. The van der Waals surface area contributed by atoms with Gasteiger partial charge in [0.15, 0.2) is 5.58 Å². The van der Waals surface area contributed by atoms with Gasteiger partial charge in [0.25, 0.3) is 0 Å². The topological polar surface area (TPSA) is 23.0 Å². The number of nitrogens with zero attached hydrogens (tertiary/aromatic N) is 2. The molecule has 1 aliphatic carbocycles. The van der Waals surface area contributed by atoms with Crippen molar-refractivity contribution in [2.75, 3.05) is 0 Å². The minimum atomic E-state index is 0.901. The minimum absolute atomic E-state index is 0.901. The van der Waals surface area contributed by atoms with E-state index in [-0.39, 0.29) is 0 Å². The molecule has 0 aliphatic heterocycles. The maximum Gasteiger partial charge on any atom is 0.160 e. The number of rotatable bonds is 2. The van der Waals surface area contributed by atoms with E-state index in [4.69, 9.17) is 4.42 Å². The van der Waals surface area contributed by atoms with Crippen LogP contribution >= 0.6 is 0 Å². The van der Waals surface area contributed by atoms with E-state index in [0.29, 0.717) is 0 Å². The molecule has 0 unspecified atom stereocenters. The zero-order chi connectivity index (χ0) is 34.4. The van der Waals surface area contributed by atoms with Crippen molar-refractivity contribution in [1.29, 1.82) is 0 Å². The third-order valence-corrected chi connectivity index (χ3v) is 11.8. The molecule has 53 heavy (non-hydrogen) atoms. The molecule has 3 heteroatoms. The van der Waals surface area contributed by atoms with Crippen LogP contribution in [-0.4, -0.2) is 9.13 Å². The molecule has 0 radical (unpaired) electrons. The lowest BCUT2D eigenvalue weighted by atomic mass is 10.0. The van der Waals surface area contributed by atoms with Crippen molar-refractivity contribution in [3.63, 3.8) is 0 Å². The number of para-hydroxylation sites is 2. The van der Waals surface area contributed by atoms with E-state index in [1.807, 2.05) is 0 Å². The van der Waals surface area contributed by atoms with Crippen LogP contribution < -0.4 is 0 Å². The van der Waals surface area contributed by atoms with Crippen LogP contribution in [0.2, 0.25) is 0 Å². The van der Waals surface area contributed by atoms with Gasteiger partial charge in [0.1, 0.15) is 5.58 Å². The molecule has 3 aromatic heterocycles. The molecule has 244 valence electrons. The first-order valence-corrected chi connectivity index (χ1v) is 18.3. The number of hydrogen-bond donors (Lipinski definition) is 0. The Hall–Kier alpha value is -7.10. The molecular formula is C50H28N2O. The smallest absolute Gasteiger partial charge is 0.160 e. The van der Waals surface area contributed by atoms with Crippen molar-refractivity contribution in [2.24, 2.45) is 0 Å². The summed E-state index contributed by atoms with van der Waals surface area (Å²) >= 11 is 0. The molecule has 0 saturated carbocycles. The molecule has 12 aromatic rings. The van der Waals surface area contributed by atoms with Crippen LogP contribution in [0, 0.1) is 0 Å². The highest BCUT2D eigenvalue weighted by Crippen LogP contribution is 2.50. The van der Waals surface area contributed by atoms with Crippen LogP contribution in [0.15, 0.2) is 174 Å². The lowest BCUT2D eigenvalue weighted by molar-refractivity contribution is 0.671. The Labute approximate surface area is 303 Å². The van der Waals surface area contributed by atoms with Crippen molar-refractivity contribution in [2.45, 2.75) is 0 Å². The molecular weight excluding hydrogens is 645 g/mol. The van der Waals surface area contributed by atoms with Gasteiger partial charge >= 0.3 is 0 Å². The van der Waals surface area contributed by atoms with E-state index >= 15 is 0 Å². The predicted molar refractivity (Wildman–Crippen MR) is 222 cm³/mol. The van der Waals surface area contributed by atoms with Crippen molar-refractivity contribution < 1.29 is 4.42 Å². The first-order valence-electron chi connectivity index (χ1n) is 18.3. The lowest BCUT2D eigenvalue weighted by Gasteiger charge is -2.15. The molecule has 13 rings (SSSR count). The van der Waals surface area contributed by atoms with Gasteiger partial charge < -0.3 is 13.6 Å². The molecule has 0 bridgehead atoms. The minimum Gasteiger partial charge on any atom is -0.454 e. The first kappa shape index (κ1) is 27.6. The third kappa shape index (κ3) is 3.44. The number of furan rings is 1. The predicted octanol–water partition coefficient (Wildman–Crippen LogP) is 13.7. The van der Waals surface area contributed by atoms with Crippen LogP contribution in [0.3, 0.4) is 0 Å². The Morgan fingerprint density at radius 1 is 0.358 bits per heavy atom. The maximum atomic E-state index is 6.86. The van der Waals surface area contributed by atoms with E-state index in [1.165, 1.54) is 87.6 Å². The van der Waals surface area contributed by atoms with Crippen molar-refractivity contribution in [3.8, 4) is 33.6 Å². The second-order valence-corrected chi connectivity index (χ2v) is 14.4. The zero-order valence-electron chi connectivity index (χ0n) is 28.5. The van der Waals surface area contributed by atoms with E-state index in [9.17, 15) is 0 Å². The van der Waals surface area contributed by atoms with Gasteiger partial charge in [0.05, 0.1) is 27.8 Å². The SMILES string of the molecule is c1ccc2c(-n3c4ccccc4c4ccc5c6ccc7c8ccccc8oc7c6n(-c6ccc7c(c6)-c6cccc8cccc-7c68)c5c43)cccc2c1. The van der Waals surface area contributed by atoms with Gasteiger partial charge in [-0.1, -0.05) is 133 Å². The van der Waals surface area contributed by atoms with Gasteiger partial charge in [-0.3, -0.25) is 0 Å². The van der Waals surface area contributed by atoms with Crippen LogP contribution in [0.1, 0.15) is 0 Å². The van der Waals surface area contributed by atoms with E-state index in [2.05, 4.69) is 179 Å². The lowest BCUT2D eigenvalue weighted by Crippen LogP contribution is -2.00. The summed E-state index contributed by atoms with van der Waals surface area (Å²) in [4.78, 5) is 0. The fourth-order valence-corrected chi connectivity index (χ4v) is 9.64. The summed E-state index contributed by atoms with van der Waals surface area (Å²) in [6.07, 6.45) is 0. The largest absolute Gasteiger partial charge is 0.454 e. The molecule has 0 spiro atoms. The fourth-order valence-electron chi connectivity index (χ4n) is 9.64. The van der Waals surface area contributed by atoms with Crippen molar-refractivity contribution in [1.82, 2.24) is 9.13 Å². The van der Waals surface area contributed by atoms with Gasteiger partial charge in [0, 0.05) is 43.4 Å². The number of aromatic nitrogens is 2. The average molecular weight is 673 g/mol. The van der Waals surface area contributed by atoms with Crippen LogP contribution in [0.4, 0.5) is 0 Å². The summed E-state index contributed by atoms with van der Waals surface area (Å²) < 4.78 is 11.9. The van der Waals surface area contributed by atoms with Gasteiger partial charge in [-0.25, -0.2) is 0 Å². The van der Waals surface area contributed by atoms with Gasteiger partial charge in [0.2, 0.25) is 0 Å². The number of hydrogen-bond acceptors (Lipinski definition) is 1. The summed E-state index contributed by atoms with van der Waals surface area (Å²) in [5.41, 5.74) is 13.9. The zero-order valence-corrected chi connectivity index (χ0v) is 28.5. The fraction of sp³-hybridized carbons (Fsp3) is 0. The van der Waals surface area contributed by atoms with Gasteiger partial charge in [-0.2, -0.15) is 0 Å². The van der Waals surface area contributed by atoms with Crippen LogP contribution in [-0.2, 0) is 0 Å². The molecule has 9 aromatic carbocycles. The number of fused-ring (bicyclic) bond motifs is 15. The molecule has 0 N–H and O–H groups in total.